The van der Waals surface area contributed by atoms with Crippen LogP contribution >= 0.6 is 11.6 Å². The average Bonchev–Trinajstić information content (AvgIpc) is 2.40. The summed E-state index contributed by atoms with van der Waals surface area (Å²) in [6.45, 7) is -0.167. The summed E-state index contributed by atoms with van der Waals surface area (Å²) in [4.78, 5) is 15.4. The number of ether oxygens (including phenoxy) is 1. The van der Waals surface area contributed by atoms with E-state index in [4.69, 9.17) is 16.3 Å². The molecule has 1 aromatic carbocycles. The molecule has 18 heavy (non-hydrogen) atoms. The van der Waals surface area contributed by atoms with Gasteiger partial charge in [-0.25, -0.2) is 9.18 Å². The Bertz CT molecular complexity index is 560. The van der Waals surface area contributed by atoms with Gasteiger partial charge in [0.15, 0.2) is 0 Å². The van der Waals surface area contributed by atoms with Gasteiger partial charge in [0.2, 0.25) is 0 Å². The van der Waals surface area contributed by atoms with Crippen LogP contribution in [0.5, 0.6) is 0 Å². The molecule has 1 heterocycles. The largest absolute Gasteiger partial charge is 0.457 e. The van der Waals surface area contributed by atoms with Crippen LogP contribution in [0.1, 0.15) is 15.9 Å². The van der Waals surface area contributed by atoms with Crippen LogP contribution in [-0.4, -0.2) is 11.0 Å². The van der Waals surface area contributed by atoms with Crippen LogP contribution in [0.4, 0.5) is 4.39 Å². The highest BCUT2D eigenvalue weighted by atomic mass is 35.5. The molecule has 0 aliphatic heterocycles. The number of carbonyl (C=O) groups is 1. The molecule has 0 spiro atoms. The van der Waals surface area contributed by atoms with E-state index < -0.39 is 11.8 Å². The van der Waals surface area contributed by atoms with E-state index in [9.17, 15) is 9.18 Å². The monoisotopic (exact) mass is 265 g/mol. The molecule has 0 aliphatic rings. The van der Waals surface area contributed by atoms with Crippen molar-refractivity contribution in [3.05, 3.63) is 64.7 Å². The highest BCUT2D eigenvalue weighted by Crippen LogP contribution is 2.16. The van der Waals surface area contributed by atoms with Crippen molar-refractivity contribution in [1.82, 2.24) is 4.98 Å². The number of hydrogen-bond acceptors (Lipinski definition) is 3. The first-order valence-corrected chi connectivity index (χ1v) is 5.55. The third kappa shape index (κ3) is 3.05. The van der Waals surface area contributed by atoms with E-state index in [1.54, 1.807) is 18.3 Å². The number of esters is 1. The van der Waals surface area contributed by atoms with Crippen LogP contribution in [0, 0.1) is 5.82 Å². The molecule has 0 fully saturated rings. The zero-order valence-electron chi connectivity index (χ0n) is 9.27. The molecule has 1 aromatic heterocycles. The van der Waals surface area contributed by atoms with Crippen molar-refractivity contribution < 1.29 is 13.9 Å². The average molecular weight is 266 g/mol. The number of nitrogens with zero attached hydrogens (tertiary/aromatic N) is 1. The van der Waals surface area contributed by atoms with E-state index in [0.29, 0.717) is 10.6 Å². The molecule has 0 N–H and O–H groups in total. The lowest BCUT2D eigenvalue weighted by Crippen LogP contribution is -2.06. The molecule has 3 nitrogen and oxygen atoms in total. The summed E-state index contributed by atoms with van der Waals surface area (Å²) < 4.78 is 18.3. The van der Waals surface area contributed by atoms with Gasteiger partial charge in [-0.2, -0.15) is 0 Å². The molecule has 5 heteroatoms. The molecular weight excluding hydrogens is 257 g/mol. The molecule has 0 atom stereocenters. The molecule has 0 unspecified atom stereocenters. The summed E-state index contributed by atoms with van der Waals surface area (Å²) in [6.07, 6.45) is 2.93. The van der Waals surface area contributed by atoms with Crippen LogP contribution in [-0.2, 0) is 11.3 Å². The summed E-state index contributed by atoms with van der Waals surface area (Å²) in [5.74, 6) is -1.01. The van der Waals surface area contributed by atoms with Gasteiger partial charge in [-0.15, -0.1) is 0 Å². The fourth-order valence-electron chi connectivity index (χ4n) is 1.36. The zero-order chi connectivity index (χ0) is 13.0. The molecule has 0 radical (unpaired) electrons. The number of hydrogen-bond donors (Lipinski definition) is 0. The third-order valence-corrected chi connectivity index (χ3v) is 2.50. The second-order valence-electron chi connectivity index (χ2n) is 3.55. The lowest BCUT2D eigenvalue weighted by atomic mass is 10.2. The molecule has 0 aliphatic carbocycles. The lowest BCUT2D eigenvalue weighted by Gasteiger charge is -2.06. The van der Waals surface area contributed by atoms with Crippen LogP contribution in [0.25, 0.3) is 0 Å². The number of pyridine rings is 1. The van der Waals surface area contributed by atoms with Crippen LogP contribution in [0.3, 0.4) is 0 Å². The molecule has 2 aromatic rings. The summed E-state index contributed by atoms with van der Waals surface area (Å²) in [6, 6.07) is 7.28. The number of carbonyl (C=O) groups excluding carboxylic acids is 1. The van der Waals surface area contributed by atoms with Gasteiger partial charge >= 0.3 is 5.97 Å². The van der Waals surface area contributed by atoms with Gasteiger partial charge in [0.1, 0.15) is 12.4 Å². The Balaban J connectivity index is 2.04. The smallest absolute Gasteiger partial charge is 0.340 e. The van der Waals surface area contributed by atoms with E-state index in [0.717, 1.165) is 0 Å². The van der Waals surface area contributed by atoms with Crippen molar-refractivity contribution in [2.45, 2.75) is 6.61 Å². The SMILES string of the molecule is O=C(OCc1cc(Cl)ccc1F)c1cccnc1. The normalized spacial score (nSPS) is 10.1. The summed E-state index contributed by atoms with van der Waals surface area (Å²) >= 11 is 5.73. The Morgan fingerprint density at radius 3 is 2.94 bits per heavy atom. The maximum atomic E-state index is 13.4. The minimum Gasteiger partial charge on any atom is -0.457 e. The first kappa shape index (κ1) is 12.5. The minimum atomic E-state index is -0.553. The Morgan fingerprint density at radius 1 is 1.39 bits per heavy atom. The molecule has 0 amide bonds. The number of halogens is 2. The molecule has 92 valence electrons. The Kier molecular flexibility index (Phi) is 3.89. The molecular formula is C13H9ClFNO2. The number of rotatable bonds is 3. The predicted molar refractivity (Wildman–Crippen MR) is 64.8 cm³/mol. The molecule has 0 saturated heterocycles. The second-order valence-corrected chi connectivity index (χ2v) is 3.99. The topological polar surface area (TPSA) is 39.2 Å². The maximum absolute atomic E-state index is 13.4. The van der Waals surface area contributed by atoms with Crippen LogP contribution in [0.2, 0.25) is 5.02 Å². The third-order valence-electron chi connectivity index (χ3n) is 2.26. The van der Waals surface area contributed by atoms with Gasteiger partial charge in [-0.3, -0.25) is 4.98 Å². The van der Waals surface area contributed by atoms with Crippen molar-refractivity contribution in [1.29, 1.82) is 0 Å². The molecule has 0 saturated carbocycles. The van der Waals surface area contributed by atoms with Gasteiger partial charge in [-0.1, -0.05) is 11.6 Å². The van der Waals surface area contributed by atoms with E-state index in [-0.39, 0.29) is 12.2 Å². The quantitative estimate of drug-likeness (QED) is 0.800. The fraction of sp³-hybridized carbons (Fsp3) is 0.0769. The van der Waals surface area contributed by atoms with Gasteiger partial charge in [0, 0.05) is 23.0 Å². The first-order chi connectivity index (χ1) is 8.66. The maximum Gasteiger partial charge on any atom is 0.340 e. The van der Waals surface area contributed by atoms with Crippen molar-refractivity contribution in [3.8, 4) is 0 Å². The van der Waals surface area contributed by atoms with E-state index in [1.165, 1.54) is 24.4 Å². The van der Waals surface area contributed by atoms with E-state index in [1.807, 2.05) is 0 Å². The number of aromatic nitrogens is 1. The summed E-state index contributed by atoms with van der Waals surface area (Å²) in [7, 11) is 0. The number of benzene rings is 1. The standard InChI is InChI=1S/C13H9ClFNO2/c14-11-3-4-12(15)10(6-11)8-18-13(17)9-2-1-5-16-7-9/h1-7H,8H2. The van der Waals surface area contributed by atoms with Gasteiger partial charge < -0.3 is 4.74 Å². The second kappa shape index (κ2) is 5.60. The zero-order valence-corrected chi connectivity index (χ0v) is 10.0. The van der Waals surface area contributed by atoms with Crippen LogP contribution in [0.15, 0.2) is 42.7 Å². The van der Waals surface area contributed by atoms with E-state index in [2.05, 4.69) is 4.98 Å². The van der Waals surface area contributed by atoms with Gasteiger partial charge in [0.05, 0.1) is 5.56 Å². The highest BCUT2D eigenvalue weighted by molar-refractivity contribution is 6.30. The first-order valence-electron chi connectivity index (χ1n) is 5.18. The highest BCUT2D eigenvalue weighted by Gasteiger charge is 2.09. The van der Waals surface area contributed by atoms with Crippen LogP contribution < -0.4 is 0 Å². The molecule has 0 bridgehead atoms. The van der Waals surface area contributed by atoms with Crippen molar-refractivity contribution in [2.75, 3.05) is 0 Å². The molecule has 2 rings (SSSR count). The predicted octanol–water partition coefficient (Wildman–Crippen LogP) is 3.23. The Hall–Kier alpha value is -1.94. The van der Waals surface area contributed by atoms with E-state index >= 15 is 0 Å². The lowest BCUT2D eigenvalue weighted by molar-refractivity contribution is 0.0468. The van der Waals surface area contributed by atoms with Crippen molar-refractivity contribution in [2.24, 2.45) is 0 Å². The fourth-order valence-corrected chi connectivity index (χ4v) is 1.56. The van der Waals surface area contributed by atoms with Gasteiger partial charge in [0.25, 0.3) is 0 Å². The minimum absolute atomic E-state index is 0.167. The van der Waals surface area contributed by atoms with Gasteiger partial charge in [-0.05, 0) is 30.3 Å². The Morgan fingerprint density at radius 2 is 2.22 bits per heavy atom. The summed E-state index contributed by atoms with van der Waals surface area (Å²) in [5.41, 5.74) is 0.555. The van der Waals surface area contributed by atoms with Crippen molar-refractivity contribution in [3.63, 3.8) is 0 Å². The summed E-state index contributed by atoms with van der Waals surface area (Å²) in [5, 5.41) is 0.392. The van der Waals surface area contributed by atoms with Crippen molar-refractivity contribution >= 4 is 17.6 Å². The Labute approximate surface area is 108 Å².